The number of alkyl halides is 3. The number of carbonyl (C=O) groups is 2. The van der Waals surface area contributed by atoms with Gasteiger partial charge in [0.2, 0.25) is 0 Å². The Hall–Kier alpha value is -3.05. The van der Waals surface area contributed by atoms with Crippen molar-refractivity contribution in [3.05, 3.63) is 52.3 Å². The van der Waals surface area contributed by atoms with E-state index in [0.717, 1.165) is 12.3 Å². The molecular formula is C24H28ClF3N4O4. The summed E-state index contributed by atoms with van der Waals surface area (Å²) in [6, 6.07) is 4.83. The van der Waals surface area contributed by atoms with Gasteiger partial charge < -0.3 is 25.8 Å². The number of carbonyl (C=O) groups excluding carboxylic acids is 1. The number of aromatic nitrogens is 1. The van der Waals surface area contributed by atoms with Crippen LogP contribution in [0.25, 0.3) is 0 Å². The second-order valence-electron chi connectivity index (χ2n) is 8.87. The molecule has 36 heavy (non-hydrogen) atoms. The first-order chi connectivity index (χ1) is 16.9. The number of benzene rings is 1. The van der Waals surface area contributed by atoms with Crippen molar-refractivity contribution in [3.8, 4) is 5.75 Å². The van der Waals surface area contributed by atoms with Crippen molar-refractivity contribution in [1.82, 2.24) is 15.6 Å². The largest absolute Gasteiger partial charge is 0.495 e. The number of ether oxygens (including phenoxy) is 1. The van der Waals surface area contributed by atoms with Crippen LogP contribution >= 0.6 is 11.6 Å². The Morgan fingerprint density at radius 2 is 1.97 bits per heavy atom. The van der Waals surface area contributed by atoms with Gasteiger partial charge >= 0.3 is 12.1 Å². The number of rotatable bonds is 9. The van der Waals surface area contributed by atoms with Crippen molar-refractivity contribution in [3.63, 3.8) is 0 Å². The number of carboxylic acids is 1. The van der Waals surface area contributed by atoms with Crippen molar-refractivity contribution in [2.24, 2.45) is 5.41 Å². The van der Waals surface area contributed by atoms with Gasteiger partial charge in [0.25, 0.3) is 5.91 Å². The van der Waals surface area contributed by atoms with Crippen LogP contribution in [0.4, 0.5) is 18.9 Å². The van der Waals surface area contributed by atoms with Gasteiger partial charge in [-0.05, 0) is 57.1 Å². The summed E-state index contributed by atoms with van der Waals surface area (Å²) in [5, 5.41) is 18.6. The van der Waals surface area contributed by atoms with E-state index in [9.17, 15) is 27.9 Å². The van der Waals surface area contributed by atoms with E-state index in [1.54, 1.807) is 13.0 Å². The lowest BCUT2D eigenvalue weighted by atomic mass is 9.76. The van der Waals surface area contributed by atoms with Crippen molar-refractivity contribution in [1.29, 1.82) is 0 Å². The molecular weight excluding hydrogens is 501 g/mol. The Bertz CT molecular complexity index is 1110. The quantitative estimate of drug-likeness (QED) is 0.379. The number of pyridine rings is 1. The average molecular weight is 529 g/mol. The first-order valence-electron chi connectivity index (χ1n) is 11.3. The van der Waals surface area contributed by atoms with E-state index in [0.29, 0.717) is 31.6 Å². The molecule has 0 aliphatic carbocycles. The Morgan fingerprint density at radius 3 is 2.56 bits per heavy atom. The molecule has 0 saturated carbocycles. The number of amides is 1. The van der Waals surface area contributed by atoms with Gasteiger partial charge in [0.05, 0.1) is 36.5 Å². The molecule has 3 rings (SSSR count). The Balaban J connectivity index is 1.71. The van der Waals surface area contributed by atoms with Gasteiger partial charge in [-0.15, -0.1) is 0 Å². The van der Waals surface area contributed by atoms with Gasteiger partial charge in [0.15, 0.2) is 0 Å². The lowest BCUT2D eigenvalue weighted by Crippen LogP contribution is -2.45. The third kappa shape index (κ3) is 6.79. The molecule has 0 radical (unpaired) electrons. The molecule has 1 aromatic heterocycles. The summed E-state index contributed by atoms with van der Waals surface area (Å²) in [7, 11) is 1.34. The van der Waals surface area contributed by atoms with Crippen LogP contribution in [0.5, 0.6) is 5.75 Å². The highest BCUT2D eigenvalue weighted by Gasteiger charge is 2.35. The van der Waals surface area contributed by atoms with Gasteiger partial charge in [-0.25, -0.2) is 4.98 Å². The molecule has 12 heteroatoms. The molecule has 1 saturated heterocycles. The minimum Gasteiger partial charge on any atom is -0.495 e. The zero-order valence-electron chi connectivity index (χ0n) is 19.8. The zero-order valence-corrected chi connectivity index (χ0v) is 20.6. The number of methoxy groups -OCH3 is 1. The summed E-state index contributed by atoms with van der Waals surface area (Å²) in [4.78, 5) is 27.5. The van der Waals surface area contributed by atoms with Crippen molar-refractivity contribution >= 4 is 29.2 Å². The van der Waals surface area contributed by atoms with Crippen LogP contribution in [-0.2, 0) is 11.0 Å². The number of piperidine rings is 1. The van der Waals surface area contributed by atoms with E-state index >= 15 is 0 Å². The predicted molar refractivity (Wildman–Crippen MR) is 128 cm³/mol. The average Bonchev–Trinajstić information content (AvgIpc) is 2.83. The van der Waals surface area contributed by atoms with Gasteiger partial charge in [0.1, 0.15) is 11.4 Å². The summed E-state index contributed by atoms with van der Waals surface area (Å²) in [6.45, 7) is 3.23. The van der Waals surface area contributed by atoms with Crippen LogP contribution in [0.1, 0.15) is 53.8 Å². The molecule has 0 bridgehead atoms. The Kier molecular flexibility index (Phi) is 8.67. The zero-order chi connectivity index (χ0) is 26.5. The molecule has 2 heterocycles. The highest BCUT2D eigenvalue weighted by atomic mass is 35.5. The maximum atomic E-state index is 13.1. The molecule has 1 aromatic carbocycles. The first-order valence-corrected chi connectivity index (χ1v) is 11.7. The van der Waals surface area contributed by atoms with Gasteiger partial charge in [-0.3, -0.25) is 9.59 Å². The minimum absolute atomic E-state index is 0.0367. The van der Waals surface area contributed by atoms with Crippen LogP contribution in [0.2, 0.25) is 5.02 Å². The van der Waals surface area contributed by atoms with Crippen LogP contribution in [0.15, 0.2) is 30.5 Å². The Morgan fingerprint density at radius 1 is 1.28 bits per heavy atom. The number of halogens is 4. The van der Waals surface area contributed by atoms with Crippen LogP contribution in [0.3, 0.4) is 0 Å². The van der Waals surface area contributed by atoms with E-state index in [-0.39, 0.29) is 34.9 Å². The molecule has 1 atom stereocenters. The SMILES string of the molecule is COc1cnc(C(F)(F)F)cc1[C@H](C)Nc1ccc(C(=O)NCC2(CC(=O)O)CCNCC2)cc1Cl. The van der Waals surface area contributed by atoms with E-state index < -0.39 is 35.2 Å². The van der Waals surface area contributed by atoms with Crippen LogP contribution in [-0.4, -0.2) is 48.7 Å². The third-order valence-corrected chi connectivity index (χ3v) is 6.60. The van der Waals surface area contributed by atoms with Crippen molar-refractivity contribution < 1.29 is 32.6 Å². The monoisotopic (exact) mass is 528 g/mol. The number of nitrogens with one attached hydrogen (secondary N) is 3. The summed E-state index contributed by atoms with van der Waals surface area (Å²) in [5.41, 5.74) is -0.637. The minimum atomic E-state index is -4.61. The predicted octanol–water partition coefficient (Wildman–Crippen LogP) is 4.51. The van der Waals surface area contributed by atoms with Gasteiger partial charge in [-0.1, -0.05) is 11.6 Å². The maximum Gasteiger partial charge on any atom is 0.433 e. The maximum absolute atomic E-state index is 13.1. The smallest absolute Gasteiger partial charge is 0.433 e. The second kappa shape index (κ2) is 11.3. The first kappa shape index (κ1) is 27.5. The summed E-state index contributed by atoms with van der Waals surface area (Å²) >= 11 is 6.38. The number of hydrogen-bond donors (Lipinski definition) is 4. The molecule has 1 fully saturated rings. The highest BCUT2D eigenvalue weighted by molar-refractivity contribution is 6.33. The lowest BCUT2D eigenvalue weighted by Gasteiger charge is -2.36. The number of anilines is 1. The summed E-state index contributed by atoms with van der Waals surface area (Å²) < 4.78 is 44.6. The fourth-order valence-corrected chi connectivity index (χ4v) is 4.51. The number of hydrogen-bond acceptors (Lipinski definition) is 6. The topological polar surface area (TPSA) is 113 Å². The summed E-state index contributed by atoms with van der Waals surface area (Å²) in [6.07, 6.45) is -2.36. The van der Waals surface area contributed by atoms with E-state index in [1.165, 1.54) is 19.2 Å². The molecule has 1 aliphatic heterocycles. The second-order valence-corrected chi connectivity index (χ2v) is 9.28. The highest BCUT2D eigenvalue weighted by Crippen LogP contribution is 2.36. The fourth-order valence-electron chi connectivity index (χ4n) is 4.27. The van der Waals surface area contributed by atoms with E-state index in [1.807, 2.05) is 0 Å². The number of carboxylic acid groups (broad SMARTS) is 1. The molecule has 8 nitrogen and oxygen atoms in total. The van der Waals surface area contributed by atoms with E-state index in [4.69, 9.17) is 16.3 Å². The van der Waals surface area contributed by atoms with Gasteiger partial charge in [-0.2, -0.15) is 13.2 Å². The molecule has 1 amide bonds. The molecule has 4 N–H and O–H groups in total. The fraction of sp³-hybridized carbons (Fsp3) is 0.458. The lowest BCUT2D eigenvalue weighted by molar-refractivity contribution is -0.141. The van der Waals surface area contributed by atoms with Crippen molar-refractivity contribution in [2.45, 2.75) is 38.4 Å². The molecule has 196 valence electrons. The van der Waals surface area contributed by atoms with Crippen LogP contribution in [0, 0.1) is 5.41 Å². The molecule has 0 unspecified atom stereocenters. The normalized spacial score (nSPS) is 16.2. The van der Waals surface area contributed by atoms with Gasteiger partial charge in [0, 0.05) is 23.1 Å². The molecule has 2 aromatic rings. The van der Waals surface area contributed by atoms with Crippen LogP contribution < -0.4 is 20.7 Å². The number of nitrogens with zero attached hydrogens (tertiary/aromatic N) is 1. The molecule has 0 spiro atoms. The Labute approximate surface area is 211 Å². The molecule has 1 aliphatic rings. The van der Waals surface area contributed by atoms with Crippen molar-refractivity contribution in [2.75, 3.05) is 32.1 Å². The standard InChI is InChI=1S/C24H28ClF3N4O4/c1-14(16-10-20(24(26,27)28)30-12-19(16)36-2)32-18-4-3-15(9-17(18)25)22(35)31-13-23(11-21(33)34)5-7-29-8-6-23/h3-4,9-10,12,14,29,32H,5-8,11,13H2,1-2H3,(H,31,35)(H,33,34)/t14-/m0/s1. The van der Waals surface area contributed by atoms with E-state index in [2.05, 4.69) is 20.9 Å². The third-order valence-electron chi connectivity index (χ3n) is 6.29. The number of aliphatic carboxylic acids is 1. The summed E-state index contributed by atoms with van der Waals surface area (Å²) in [5.74, 6) is -1.12.